The summed E-state index contributed by atoms with van der Waals surface area (Å²) in [5.41, 5.74) is 3.56. The van der Waals surface area contributed by atoms with Gasteiger partial charge < -0.3 is 25.2 Å². The Morgan fingerprint density at radius 3 is 2.56 bits per heavy atom. The highest BCUT2D eigenvalue weighted by Crippen LogP contribution is 2.36. The van der Waals surface area contributed by atoms with Crippen LogP contribution in [0, 0.1) is 12.7 Å². The van der Waals surface area contributed by atoms with Crippen molar-refractivity contribution < 1.29 is 24.1 Å². The van der Waals surface area contributed by atoms with Gasteiger partial charge in [-0.3, -0.25) is 4.79 Å². The van der Waals surface area contributed by atoms with Gasteiger partial charge in [-0.1, -0.05) is 18.2 Å². The molecule has 4 aromatic rings. The van der Waals surface area contributed by atoms with E-state index in [4.69, 9.17) is 4.74 Å². The van der Waals surface area contributed by atoms with Crippen LogP contribution < -0.4 is 10.1 Å². The molecule has 3 N–H and O–H groups in total. The Balaban J connectivity index is 1.44. The minimum absolute atomic E-state index is 0.0101. The highest BCUT2D eigenvalue weighted by atomic mass is 19.1. The lowest BCUT2D eigenvalue weighted by molar-refractivity contribution is 0.0749. The second-order valence-electron chi connectivity index (χ2n) is 8.76. The van der Waals surface area contributed by atoms with E-state index in [2.05, 4.69) is 10.4 Å². The summed E-state index contributed by atoms with van der Waals surface area (Å²) in [5, 5.41) is 28.5. The van der Waals surface area contributed by atoms with Gasteiger partial charge in [0.15, 0.2) is 0 Å². The number of aromatic nitrogens is 2. The van der Waals surface area contributed by atoms with Crippen molar-refractivity contribution in [3.05, 3.63) is 94.4 Å². The number of benzene rings is 3. The predicted octanol–water partition coefficient (Wildman–Crippen LogP) is 4.70. The molecular formula is C27H25FN4O4. The third-order valence-corrected chi connectivity index (χ3v) is 6.15. The first-order valence-corrected chi connectivity index (χ1v) is 11.4. The molecule has 3 aromatic carbocycles. The molecule has 0 saturated carbocycles. The fraction of sp³-hybridized carbons (Fsp3) is 0.185. The number of rotatable bonds is 6. The standard InChI is InChI=1S/C27H25FN4O4/c1-16-9-25(32(30-16)13-17-3-7-22(36-2)8-4-17)29-23-11-21(33)12-24(34)26(23)27(35)31-14-18-5-6-20(28)10-19(18)15-31/h3-12,29,33-34H,13-15H2,1-2H3. The highest BCUT2D eigenvalue weighted by molar-refractivity contribution is 6.03. The number of anilines is 2. The Kier molecular flexibility index (Phi) is 5.97. The molecule has 0 fully saturated rings. The van der Waals surface area contributed by atoms with Crippen molar-refractivity contribution in [3.8, 4) is 17.2 Å². The first-order chi connectivity index (χ1) is 17.3. The van der Waals surface area contributed by atoms with E-state index in [1.165, 1.54) is 23.1 Å². The lowest BCUT2D eigenvalue weighted by atomic mass is 10.1. The molecule has 8 nitrogen and oxygen atoms in total. The number of nitrogens with zero attached hydrogens (tertiary/aromatic N) is 3. The van der Waals surface area contributed by atoms with Crippen molar-refractivity contribution >= 4 is 17.4 Å². The molecule has 1 aliphatic rings. The van der Waals surface area contributed by atoms with Gasteiger partial charge in [-0.25, -0.2) is 9.07 Å². The molecule has 5 rings (SSSR count). The summed E-state index contributed by atoms with van der Waals surface area (Å²) in [6.45, 7) is 2.81. The van der Waals surface area contributed by atoms with Crippen molar-refractivity contribution in [2.24, 2.45) is 0 Å². The maximum absolute atomic E-state index is 13.7. The Morgan fingerprint density at radius 2 is 1.81 bits per heavy atom. The topological polar surface area (TPSA) is 99.9 Å². The summed E-state index contributed by atoms with van der Waals surface area (Å²) in [6, 6.07) is 16.4. The Bertz CT molecular complexity index is 1450. The van der Waals surface area contributed by atoms with E-state index >= 15 is 0 Å². The molecule has 0 atom stereocenters. The summed E-state index contributed by atoms with van der Waals surface area (Å²) in [4.78, 5) is 15.0. The van der Waals surface area contributed by atoms with Crippen LogP contribution in [0.5, 0.6) is 17.2 Å². The minimum atomic E-state index is -0.440. The number of halogens is 1. The Morgan fingerprint density at radius 1 is 1.06 bits per heavy atom. The van der Waals surface area contributed by atoms with Crippen LogP contribution in [0.15, 0.2) is 60.7 Å². The molecule has 9 heteroatoms. The van der Waals surface area contributed by atoms with Gasteiger partial charge in [0.25, 0.3) is 5.91 Å². The van der Waals surface area contributed by atoms with Gasteiger partial charge in [-0.15, -0.1) is 0 Å². The summed E-state index contributed by atoms with van der Waals surface area (Å²) in [7, 11) is 1.61. The third-order valence-electron chi connectivity index (χ3n) is 6.15. The van der Waals surface area contributed by atoms with Crippen molar-refractivity contribution in [2.45, 2.75) is 26.6 Å². The maximum Gasteiger partial charge on any atom is 0.260 e. The minimum Gasteiger partial charge on any atom is -0.508 e. The molecule has 1 aliphatic heterocycles. The molecule has 0 unspecified atom stereocenters. The van der Waals surface area contributed by atoms with Crippen LogP contribution in [0.4, 0.5) is 15.9 Å². The van der Waals surface area contributed by atoms with Crippen molar-refractivity contribution in [3.63, 3.8) is 0 Å². The Hall–Kier alpha value is -4.53. The second kappa shape index (κ2) is 9.26. The van der Waals surface area contributed by atoms with Gasteiger partial charge in [-0.2, -0.15) is 5.10 Å². The molecule has 2 heterocycles. The molecule has 0 spiro atoms. The average Bonchev–Trinajstić information content (AvgIpc) is 3.41. The number of phenols is 2. The van der Waals surface area contributed by atoms with Crippen molar-refractivity contribution in [1.82, 2.24) is 14.7 Å². The van der Waals surface area contributed by atoms with Crippen LogP contribution in [-0.2, 0) is 19.6 Å². The zero-order valence-electron chi connectivity index (χ0n) is 19.8. The number of phenolic OH excluding ortho intramolecular Hbond substituents is 2. The van der Waals surface area contributed by atoms with E-state index < -0.39 is 5.91 Å². The summed E-state index contributed by atoms with van der Waals surface area (Å²) in [5.74, 6) is -0.0325. The van der Waals surface area contributed by atoms with Gasteiger partial charge >= 0.3 is 0 Å². The monoisotopic (exact) mass is 488 g/mol. The highest BCUT2D eigenvalue weighted by Gasteiger charge is 2.29. The number of ether oxygens (including phenoxy) is 1. The lowest BCUT2D eigenvalue weighted by Crippen LogP contribution is -2.26. The first kappa shape index (κ1) is 23.2. The summed E-state index contributed by atoms with van der Waals surface area (Å²) >= 11 is 0. The predicted molar refractivity (Wildman–Crippen MR) is 132 cm³/mol. The van der Waals surface area contributed by atoms with E-state index in [9.17, 15) is 19.4 Å². The smallest absolute Gasteiger partial charge is 0.260 e. The average molecular weight is 489 g/mol. The fourth-order valence-corrected chi connectivity index (χ4v) is 4.41. The zero-order chi connectivity index (χ0) is 25.4. The number of carbonyl (C=O) groups is 1. The molecule has 184 valence electrons. The molecule has 1 amide bonds. The largest absolute Gasteiger partial charge is 0.508 e. The van der Waals surface area contributed by atoms with E-state index in [-0.39, 0.29) is 35.1 Å². The fourth-order valence-electron chi connectivity index (χ4n) is 4.41. The van der Waals surface area contributed by atoms with Crippen LogP contribution in [-0.4, -0.2) is 37.9 Å². The SMILES string of the molecule is COc1ccc(Cn2nc(C)cc2Nc2cc(O)cc(O)c2C(=O)N2Cc3ccc(F)cc3C2)cc1. The van der Waals surface area contributed by atoms with E-state index in [0.29, 0.717) is 18.9 Å². The number of aryl methyl sites for hydroxylation is 1. The number of hydrogen-bond acceptors (Lipinski definition) is 6. The van der Waals surface area contributed by atoms with E-state index in [0.717, 1.165) is 34.2 Å². The molecule has 0 aliphatic carbocycles. The van der Waals surface area contributed by atoms with Crippen molar-refractivity contribution in [2.75, 3.05) is 12.4 Å². The third kappa shape index (κ3) is 4.55. The number of hydrogen-bond donors (Lipinski definition) is 3. The van der Waals surface area contributed by atoms with Crippen LogP contribution in [0.1, 0.15) is 32.7 Å². The molecular weight excluding hydrogens is 463 g/mol. The molecule has 1 aromatic heterocycles. The lowest BCUT2D eigenvalue weighted by Gasteiger charge is -2.20. The van der Waals surface area contributed by atoms with Gasteiger partial charge in [0.1, 0.15) is 34.4 Å². The van der Waals surface area contributed by atoms with Gasteiger partial charge in [0.05, 0.1) is 25.0 Å². The Labute approximate surface area is 207 Å². The van der Waals surface area contributed by atoms with Crippen LogP contribution >= 0.6 is 0 Å². The number of aromatic hydroxyl groups is 2. The number of nitrogens with one attached hydrogen (secondary N) is 1. The molecule has 0 bridgehead atoms. The normalized spacial score (nSPS) is 12.5. The zero-order valence-corrected chi connectivity index (χ0v) is 19.8. The molecule has 0 saturated heterocycles. The quantitative estimate of drug-likeness (QED) is 0.364. The van der Waals surface area contributed by atoms with E-state index in [1.54, 1.807) is 17.9 Å². The van der Waals surface area contributed by atoms with Gasteiger partial charge in [-0.05, 0) is 47.9 Å². The molecule has 0 radical (unpaired) electrons. The van der Waals surface area contributed by atoms with Crippen LogP contribution in [0.25, 0.3) is 0 Å². The summed E-state index contributed by atoms with van der Waals surface area (Å²) < 4.78 is 20.6. The van der Waals surface area contributed by atoms with Crippen LogP contribution in [0.2, 0.25) is 0 Å². The van der Waals surface area contributed by atoms with Crippen LogP contribution in [0.3, 0.4) is 0 Å². The first-order valence-electron chi connectivity index (χ1n) is 11.4. The maximum atomic E-state index is 13.7. The van der Waals surface area contributed by atoms with E-state index in [1.807, 2.05) is 37.3 Å². The number of fused-ring (bicyclic) bond motifs is 1. The summed E-state index contributed by atoms with van der Waals surface area (Å²) in [6.07, 6.45) is 0. The number of amides is 1. The number of methoxy groups -OCH3 is 1. The van der Waals surface area contributed by atoms with Gasteiger partial charge in [0.2, 0.25) is 0 Å². The second-order valence-corrected chi connectivity index (χ2v) is 8.76. The number of carbonyl (C=O) groups excluding carboxylic acids is 1. The van der Waals surface area contributed by atoms with Crippen molar-refractivity contribution in [1.29, 1.82) is 0 Å². The molecule has 36 heavy (non-hydrogen) atoms. The van der Waals surface area contributed by atoms with Gasteiger partial charge in [0, 0.05) is 31.3 Å².